The molecule has 0 unspecified atom stereocenters. The highest BCUT2D eigenvalue weighted by Crippen LogP contribution is 2.22. The highest BCUT2D eigenvalue weighted by Gasteiger charge is 2.20. The molecule has 2 N–H and O–H groups in total. The summed E-state index contributed by atoms with van der Waals surface area (Å²) >= 11 is 0. The molecule has 32 heavy (non-hydrogen) atoms. The fourth-order valence-corrected chi connectivity index (χ4v) is 4.10. The van der Waals surface area contributed by atoms with E-state index in [1.54, 1.807) is 0 Å². The van der Waals surface area contributed by atoms with Gasteiger partial charge in [-0.2, -0.15) is 0 Å². The zero-order chi connectivity index (χ0) is 21.6. The molecule has 7 heteroatoms. The number of pyridine rings is 1. The van der Waals surface area contributed by atoms with E-state index in [1.807, 2.05) is 32.1 Å². The lowest BCUT2D eigenvalue weighted by molar-refractivity contribution is 0.461. The number of piperidine rings is 1. The lowest BCUT2D eigenvalue weighted by Crippen LogP contribution is -2.48. The van der Waals surface area contributed by atoms with Crippen molar-refractivity contribution < 1.29 is 0 Å². The van der Waals surface area contributed by atoms with Crippen LogP contribution in [0.4, 0.5) is 11.5 Å². The van der Waals surface area contributed by atoms with Crippen LogP contribution in [0.15, 0.2) is 65.7 Å². The van der Waals surface area contributed by atoms with Gasteiger partial charge in [0.1, 0.15) is 5.82 Å². The first kappa shape index (κ1) is 24.1. The van der Waals surface area contributed by atoms with Crippen molar-refractivity contribution in [2.75, 3.05) is 44.0 Å². The first-order valence-corrected chi connectivity index (χ1v) is 11.0. The topological polar surface area (TPSA) is 55.8 Å². The Labute approximate surface area is 208 Å². The molecule has 1 aliphatic rings. The number of nitrogens with zero attached hydrogens (tertiary/aromatic N) is 4. The number of fused-ring (bicyclic) bond motifs is 1. The van der Waals surface area contributed by atoms with Gasteiger partial charge in [0.25, 0.3) is 0 Å². The van der Waals surface area contributed by atoms with Gasteiger partial charge in [-0.1, -0.05) is 36.4 Å². The molecule has 0 radical (unpaired) electrons. The summed E-state index contributed by atoms with van der Waals surface area (Å²) in [4.78, 5) is 13.7. The number of benzene rings is 2. The SMILES string of the molecule is CN=C(NCc1cc(N(C)C)nc2ccccc12)NC1CCN(c2ccccc2)CC1.I. The maximum absolute atomic E-state index is 4.76. The number of nitrogens with one attached hydrogen (secondary N) is 2. The third-order valence-electron chi connectivity index (χ3n) is 5.87. The van der Waals surface area contributed by atoms with Crippen LogP contribution in [0, 0.1) is 0 Å². The molecule has 0 bridgehead atoms. The number of halogens is 1. The molecule has 1 aromatic heterocycles. The Balaban J connectivity index is 0.00000289. The van der Waals surface area contributed by atoms with Crippen LogP contribution in [0.25, 0.3) is 10.9 Å². The van der Waals surface area contributed by atoms with Crippen LogP contribution in [-0.2, 0) is 6.54 Å². The van der Waals surface area contributed by atoms with Crippen molar-refractivity contribution in [1.29, 1.82) is 0 Å². The lowest BCUT2D eigenvalue weighted by atomic mass is 10.0. The summed E-state index contributed by atoms with van der Waals surface area (Å²) < 4.78 is 0. The Morgan fingerprint density at radius 2 is 1.75 bits per heavy atom. The molecule has 170 valence electrons. The van der Waals surface area contributed by atoms with Gasteiger partial charge in [0.05, 0.1) is 5.52 Å². The molecular formula is C25H33IN6. The van der Waals surface area contributed by atoms with Gasteiger partial charge in [-0.25, -0.2) is 4.98 Å². The van der Waals surface area contributed by atoms with Crippen molar-refractivity contribution >= 4 is 52.3 Å². The van der Waals surface area contributed by atoms with Crippen LogP contribution in [0.3, 0.4) is 0 Å². The summed E-state index contributed by atoms with van der Waals surface area (Å²) in [5.74, 6) is 1.82. The third-order valence-corrected chi connectivity index (χ3v) is 5.87. The second-order valence-electron chi connectivity index (χ2n) is 8.22. The fourth-order valence-electron chi connectivity index (χ4n) is 4.10. The van der Waals surface area contributed by atoms with Gasteiger partial charge < -0.3 is 20.4 Å². The molecule has 0 atom stereocenters. The van der Waals surface area contributed by atoms with E-state index in [2.05, 4.69) is 75.1 Å². The van der Waals surface area contributed by atoms with Crippen molar-refractivity contribution in [1.82, 2.24) is 15.6 Å². The average molecular weight is 544 g/mol. The van der Waals surface area contributed by atoms with Crippen LogP contribution >= 0.6 is 24.0 Å². The number of anilines is 2. The van der Waals surface area contributed by atoms with Crippen LogP contribution in [0.5, 0.6) is 0 Å². The predicted octanol–water partition coefficient (Wildman–Crippen LogP) is 4.25. The smallest absolute Gasteiger partial charge is 0.191 e. The van der Waals surface area contributed by atoms with E-state index in [0.29, 0.717) is 12.6 Å². The molecule has 2 aromatic carbocycles. The number of guanidine groups is 1. The summed E-state index contributed by atoms with van der Waals surface area (Å²) in [6.45, 7) is 2.81. The Morgan fingerprint density at radius 1 is 1.06 bits per heavy atom. The molecule has 2 heterocycles. The Morgan fingerprint density at radius 3 is 2.44 bits per heavy atom. The third kappa shape index (κ3) is 5.82. The first-order valence-electron chi connectivity index (χ1n) is 11.0. The zero-order valence-electron chi connectivity index (χ0n) is 19.1. The molecule has 0 amide bonds. The van der Waals surface area contributed by atoms with E-state index < -0.39 is 0 Å². The van der Waals surface area contributed by atoms with Crippen molar-refractivity contribution in [3.63, 3.8) is 0 Å². The molecule has 0 saturated carbocycles. The summed E-state index contributed by atoms with van der Waals surface area (Å²) in [5.41, 5.74) is 3.54. The molecular weight excluding hydrogens is 511 g/mol. The van der Waals surface area contributed by atoms with Gasteiger partial charge in [0.15, 0.2) is 5.96 Å². The van der Waals surface area contributed by atoms with E-state index in [1.165, 1.54) is 16.6 Å². The summed E-state index contributed by atoms with van der Waals surface area (Å²) in [5, 5.41) is 8.31. The van der Waals surface area contributed by atoms with Crippen LogP contribution in [0.2, 0.25) is 0 Å². The van der Waals surface area contributed by atoms with E-state index >= 15 is 0 Å². The van der Waals surface area contributed by atoms with Gasteiger partial charge in [0, 0.05) is 57.9 Å². The number of para-hydroxylation sites is 2. The van der Waals surface area contributed by atoms with Crippen molar-refractivity contribution in [3.05, 3.63) is 66.2 Å². The Kier molecular flexibility index (Phi) is 8.55. The summed E-state index contributed by atoms with van der Waals surface area (Å²) in [6, 6.07) is 21.6. The van der Waals surface area contributed by atoms with Crippen LogP contribution in [-0.4, -0.2) is 51.2 Å². The van der Waals surface area contributed by atoms with E-state index in [9.17, 15) is 0 Å². The number of hydrogen-bond donors (Lipinski definition) is 2. The normalized spacial score (nSPS) is 14.7. The molecule has 0 spiro atoms. The molecule has 4 rings (SSSR count). The van der Waals surface area contributed by atoms with Crippen LogP contribution < -0.4 is 20.4 Å². The molecule has 6 nitrogen and oxygen atoms in total. The summed E-state index contributed by atoms with van der Waals surface area (Å²) in [7, 11) is 5.89. The molecule has 1 saturated heterocycles. The number of hydrogen-bond acceptors (Lipinski definition) is 4. The van der Waals surface area contributed by atoms with Gasteiger partial charge in [-0.15, -0.1) is 24.0 Å². The van der Waals surface area contributed by atoms with Gasteiger partial charge in [-0.05, 0) is 42.7 Å². The number of aliphatic imine (C=N–C) groups is 1. The van der Waals surface area contributed by atoms with Gasteiger partial charge >= 0.3 is 0 Å². The Hall–Kier alpha value is -2.55. The summed E-state index contributed by atoms with van der Waals surface area (Å²) in [6.07, 6.45) is 2.19. The molecule has 3 aromatic rings. The van der Waals surface area contributed by atoms with E-state index in [0.717, 1.165) is 43.2 Å². The highest BCUT2D eigenvalue weighted by atomic mass is 127. The maximum Gasteiger partial charge on any atom is 0.191 e. The van der Waals surface area contributed by atoms with E-state index in [4.69, 9.17) is 4.98 Å². The minimum absolute atomic E-state index is 0. The zero-order valence-corrected chi connectivity index (χ0v) is 21.4. The average Bonchev–Trinajstić information content (AvgIpc) is 2.82. The number of rotatable bonds is 5. The lowest BCUT2D eigenvalue weighted by Gasteiger charge is -2.34. The fraction of sp³-hybridized carbons (Fsp3) is 0.360. The second kappa shape index (κ2) is 11.4. The van der Waals surface area contributed by atoms with Gasteiger partial charge in [0.2, 0.25) is 0 Å². The standard InChI is InChI=1S/C25H32N6.HI/c1-26-25(28-20-13-15-31(16-14-20)21-9-5-4-6-10-21)27-18-19-17-24(30(2)3)29-23-12-8-7-11-22(19)23;/h4-12,17,20H,13-16,18H2,1-3H3,(H2,26,27,28);1H. The predicted molar refractivity (Wildman–Crippen MR) is 146 cm³/mol. The maximum atomic E-state index is 4.76. The molecule has 0 aliphatic carbocycles. The quantitative estimate of drug-likeness (QED) is 0.286. The van der Waals surface area contributed by atoms with Crippen molar-refractivity contribution in [3.8, 4) is 0 Å². The minimum atomic E-state index is 0. The largest absolute Gasteiger partial charge is 0.371 e. The van der Waals surface area contributed by atoms with E-state index in [-0.39, 0.29) is 24.0 Å². The second-order valence-corrected chi connectivity index (χ2v) is 8.22. The van der Waals surface area contributed by atoms with Crippen molar-refractivity contribution in [2.45, 2.75) is 25.4 Å². The minimum Gasteiger partial charge on any atom is -0.371 e. The molecule has 1 fully saturated rings. The van der Waals surface area contributed by atoms with Crippen LogP contribution in [0.1, 0.15) is 18.4 Å². The number of aromatic nitrogens is 1. The monoisotopic (exact) mass is 544 g/mol. The van der Waals surface area contributed by atoms with Crippen molar-refractivity contribution in [2.24, 2.45) is 4.99 Å². The van der Waals surface area contributed by atoms with Gasteiger partial charge in [-0.3, -0.25) is 4.99 Å². The first-order chi connectivity index (χ1) is 15.1. The Bertz CT molecular complexity index is 1030. The molecule has 1 aliphatic heterocycles. The highest BCUT2D eigenvalue weighted by molar-refractivity contribution is 14.0.